The minimum Gasteiger partial charge on any atom is -0.467 e. The molecule has 3 unspecified atom stereocenters. The Bertz CT molecular complexity index is 522. The highest BCUT2D eigenvalue weighted by Gasteiger charge is 2.29. The van der Waals surface area contributed by atoms with E-state index in [2.05, 4.69) is 19.2 Å². The van der Waals surface area contributed by atoms with Crippen LogP contribution in [0.5, 0.6) is 0 Å². The molecular formula is C18H26N2O3. The summed E-state index contributed by atoms with van der Waals surface area (Å²) in [5.41, 5.74) is 0.989. The molecule has 2 rings (SSSR count). The van der Waals surface area contributed by atoms with Crippen molar-refractivity contribution >= 4 is 12.0 Å². The van der Waals surface area contributed by atoms with Crippen LogP contribution in [0.1, 0.15) is 25.8 Å². The maximum absolute atomic E-state index is 12.5. The Morgan fingerprint density at radius 1 is 1.22 bits per heavy atom. The van der Waals surface area contributed by atoms with Crippen LogP contribution in [0.4, 0.5) is 4.79 Å². The topological polar surface area (TPSA) is 58.6 Å². The van der Waals surface area contributed by atoms with Crippen molar-refractivity contribution in [2.45, 2.75) is 32.7 Å². The molecule has 0 aromatic heterocycles. The second-order valence-electron chi connectivity index (χ2n) is 6.57. The van der Waals surface area contributed by atoms with Crippen molar-refractivity contribution in [3.05, 3.63) is 35.9 Å². The normalized spacial score (nSPS) is 22.3. The highest BCUT2D eigenvalue weighted by Crippen LogP contribution is 2.21. The standard InChI is InChI=1S/C18H26N2O3/c1-13-9-14(2)12-20(11-13)18(22)19-16(17(21)23-3)10-15-7-5-4-6-8-15/h4-8,13-14,16H,9-12H2,1-3H3,(H,19,22). The van der Waals surface area contributed by atoms with E-state index < -0.39 is 12.0 Å². The summed E-state index contributed by atoms with van der Waals surface area (Å²) < 4.78 is 4.84. The number of amides is 2. The third kappa shape index (κ3) is 4.98. The Hall–Kier alpha value is -2.04. The number of carbonyl (C=O) groups is 2. The average molecular weight is 318 g/mol. The van der Waals surface area contributed by atoms with E-state index in [0.717, 1.165) is 25.1 Å². The van der Waals surface area contributed by atoms with E-state index in [1.807, 2.05) is 30.3 Å². The second-order valence-corrected chi connectivity index (χ2v) is 6.57. The zero-order valence-electron chi connectivity index (χ0n) is 14.1. The first kappa shape index (κ1) is 17.3. The third-order valence-electron chi connectivity index (χ3n) is 4.22. The molecule has 0 aliphatic carbocycles. The Morgan fingerprint density at radius 2 is 1.83 bits per heavy atom. The van der Waals surface area contributed by atoms with Gasteiger partial charge in [-0.05, 0) is 23.8 Å². The molecule has 0 spiro atoms. The van der Waals surface area contributed by atoms with Crippen LogP contribution in [0.2, 0.25) is 0 Å². The van der Waals surface area contributed by atoms with E-state index in [4.69, 9.17) is 4.74 Å². The summed E-state index contributed by atoms with van der Waals surface area (Å²) in [7, 11) is 1.34. The molecule has 1 saturated heterocycles. The summed E-state index contributed by atoms with van der Waals surface area (Å²) in [5.74, 6) is 0.547. The number of benzene rings is 1. The van der Waals surface area contributed by atoms with Gasteiger partial charge in [0.2, 0.25) is 0 Å². The van der Waals surface area contributed by atoms with E-state index in [-0.39, 0.29) is 6.03 Å². The van der Waals surface area contributed by atoms with Crippen LogP contribution in [0.3, 0.4) is 0 Å². The predicted molar refractivity (Wildman–Crippen MR) is 89.0 cm³/mol. The molecule has 2 amide bonds. The lowest BCUT2D eigenvalue weighted by molar-refractivity contribution is -0.142. The number of urea groups is 1. The number of carbonyl (C=O) groups excluding carboxylic acids is 2. The summed E-state index contributed by atoms with van der Waals surface area (Å²) in [4.78, 5) is 26.3. The van der Waals surface area contributed by atoms with Gasteiger partial charge in [0.1, 0.15) is 6.04 Å². The number of nitrogens with one attached hydrogen (secondary N) is 1. The van der Waals surface area contributed by atoms with Crippen molar-refractivity contribution in [2.75, 3.05) is 20.2 Å². The Balaban J connectivity index is 2.02. The van der Waals surface area contributed by atoms with E-state index in [0.29, 0.717) is 18.3 Å². The molecule has 1 aliphatic rings. The monoisotopic (exact) mass is 318 g/mol. The maximum atomic E-state index is 12.5. The number of rotatable bonds is 4. The first-order valence-electron chi connectivity index (χ1n) is 8.16. The molecule has 1 N–H and O–H groups in total. The van der Waals surface area contributed by atoms with Gasteiger partial charge in [0, 0.05) is 19.5 Å². The van der Waals surface area contributed by atoms with Gasteiger partial charge in [0.25, 0.3) is 0 Å². The predicted octanol–water partition coefficient (Wildman–Crippen LogP) is 2.46. The first-order chi connectivity index (χ1) is 11.0. The van der Waals surface area contributed by atoms with Gasteiger partial charge in [-0.1, -0.05) is 44.2 Å². The van der Waals surface area contributed by atoms with Crippen LogP contribution in [0, 0.1) is 11.8 Å². The SMILES string of the molecule is COC(=O)C(Cc1ccccc1)NC(=O)N1CC(C)CC(C)C1. The highest BCUT2D eigenvalue weighted by molar-refractivity contribution is 5.83. The lowest BCUT2D eigenvalue weighted by Crippen LogP contribution is -2.52. The summed E-state index contributed by atoms with van der Waals surface area (Å²) in [6.07, 6.45) is 1.56. The number of ether oxygens (including phenoxy) is 1. The number of likely N-dealkylation sites (tertiary alicyclic amines) is 1. The zero-order valence-corrected chi connectivity index (χ0v) is 14.1. The van der Waals surface area contributed by atoms with E-state index in [1.165, 1.54) is 7.11 Å². The number of methoxy groups -OCH3 is 1. The van der Waals surface area contributed by atoms with Gasteiger partial charge in [0.05, 0.1) is 7.11 Å². The number of hydrogen-bond acceptors (Lipinski definition) is 3. The Morgan fingerprint density at radius 3 is 2.39 bits per heavy atom. The molecule has 1 heterocycles. The minimum absolute atomic E-state index is 0.185. The van der Waals surface area contributed by atoms with Gasteiger partial charge in [0.15, 0.2) is 0 Å². The van der Waals surface area contributed by atoms with Crippen LogP contribution in [0.15, 0.2) is 30.3 Å². The molecule has 1 aromatic carbocycles. The van der Waals surface area contributed by atoms with E-state index >= 15 is 0 Å². The van der Waals surface area contributed by atoms with Gasteiger partial charge < -0.3 is 15.0 Å². The molecule has 5 heteroatoms. The third-order valence-corrected chi connectivity index (χ3v) is 4.22. The quantitative estimate of drug-likeness (QED) is 0.868. The van der Waals surface area contributed by atoms with Crippen molar-refractivity contribution in [3.63, 3.8) is 0 Å². The van der Waals surface area contributed by atoms with E-state index in [9.17, 15) is 9.59 Å². The largest absolute Gasteiger partial charge is 0.467 e. The first-order valence-corrected chi connectivity index (χ1v) is 8.16. The smallest absolute Gasteiger partial charge is 0.328 e. The molecule has 3 atom stereocenters. The zero-order chi connectivity index (χ0) is 16.8. The van der Waals surface area contributed by atoms with Gasteiger partial charge in [-0.2, -0.15) is 0 Å². The van der Waals surface area contributed by atoms with Crippen LogP contribution < -0.4 is 5.32 Å². The molecule has 5 nitrogen and oxygen atoms in total. The molecule has 1 fully saturated rings. The molecule has 1 aromatic rings. The van der Waals surface area contributed by atoms with Crippen molar-refractivity contribution in [1.29, 1.82) is 0 Å². The summed E-state index contributed by atoms with van der Waals surface area (Å²) in [6.45, 7) is 5.76. The molecule has 0 radical (unpaired) electrons. The highest BCUT2D eigenvalue weighted by atomic mass is 16.5. The molecular weight excluding hydrogens is 292 g/mol. The fourth-order valence-electron chi connectivity index (χ4n) is 3.25. The summed E-state index contributed by atoms with van der Waals surface area (Å²) >= 11 is 0. The fraction of sp³-hybridized carbons (Fsp3) is 0.556. The average Bonchev–Trinajstić information content (AvgIpc) is 2.53. The number of esters is 1. The lowest BCUT2D eigenvalue weighted by Gasteiger charge is -2.35. The van der Waals surface area contributed by atoms with Crippen molar-refractivity contribution in [3.8, 4) is 0 Å². The lowest BCUT2D eigenvalue weighted by atomic mass is 9.92. The molecule has 1 aliphatic heterocycles. The van der Waals surface area contributed by atoms with E-state index in [1.54, 1.807) is 4.90 Å². The Labute approximate surface area is 138 Å². The Kier molecular flexibility index (Phi) is 6.02. The van der Waals surface area contributed by atoms with Gasteiger partial charge in [-0.25, -0.2) is 9.59 Å². The summed E-state index contributed by atoms with van der Waals surface area (Å²) in [5, 5.41) is 2.84. The van der Waals surface area contributed by atoms with Crippen LogP contribution in [-0.4, -0.2) is 43.1 Å². The van der Waals surface area contributed by atoms with Crippen molar-refractivity contribution < 1.29 is 14.3 Å². The van der Waals surface area contributed by atoms with Crippen LogP contribution in [0.25, 0.3) is 0 Å². The van der Waals surface area contributed by atoms with Crippen molar-refractivity contribution in [2.24, 2.45) is 11.8 Å². The molecule has 0 bridgehead atoms. The number of hydrogen-bond donors (Lipinski definition) is 1. The molecule has 23 heavy (non-hydrogen) atoms. The van der Waals surface area contributed by atoms with Gasteiger partial charge >= 0.3 is 12.0 Å². The fourth-order valence-corrected chi connectivity index (χ4v) is 3.25. The second kappa shape index (κ2) is 7.99. The van der Waals surface area contributed by atoms with Crippen LogP contribution >= 0.6 is 0 Å². The van der Waals surface area contributed by atoms with Gasteiger partial charge in [-0.15, -0.1) is 0 Å². The minimum atomic E-state index is -0.664. The van der Waals surface area contributed by atoms with Gasteiger partial charge in [-0.3, -0.25) is 0 Å². The maximum Gasteiger partial charge on any atom is 0.328 e. The number of piperidine rings is 1. The molecule has 126 valence electrons. The number of nitrogens with zero attached hydrogens (tertiary/aromatic N) is 1. The molecule has 0 saturated carbocycles. The van der Waals surface area contributed by atoms with Crippen LogP contribution in [-0.2, 0) is 16.0 Å². The van der Waals surface area contributed by atoms with Crippen molar-refractivity contribution in [1.82, 2.24) is 10.2 Å². The summed E-state index contributed by atoms with van der Waals surface area (Å²) in [6, 6.07) is 8.78.